The van der Waals surface area contributed by atoms with E-state index in [0.717, 1.165) is 18.8 Å². The van der Waals surface area contributed by atoms with E-state index >= 15 is 0 Å². The molecule has 0 aliphatic carbocycles. The predicted molar refractivity (Wildman–Crippen MR) is 102 cm³/mol. The van der Waals surface area contributed by atoms with Crippen molar-refractivity contribution in [2.75, 3.05) is 0 Å². The number of unbranched alkanes of at least 4 members (excludes halogenated alkanes) is 11. The summed E-state index contributed by atoms with van der Waals surface area (Å²) in [5, 5.41) is 0. The number of carbonyl (C=O) groups excluding carboxylic acids is 1. The first kappa shape index (κ1) is 22.5. The van der Waals surface area contributed by atoms with Crippen molar-refractivity contribution < 1.29 is 4.79 Å². The molecule has 0 aliphatic rings. The summed E-state index contributed by atoms with van der Waals surface area (Å²) in [7, 11) is 0. The highest BCUT2D eigenvalue weighted by atomic mass is 16.1. The molecule has 0 fully saturated rings. The fourth-order valence-electron chi connectivity index (χ4n) is 2.94. The highest BCUT2D eigenvalue weighted by Gasteiger charge is 2.21. The molecule has 2 nitrogen and oxygen atoms in total. The van der Waals surface area contributed by atoms with Gasteiger partial charge in [0.1, 0.15) is 0 Å². The van der Waals surface area contributed by atoms with E-state index in [2.05, 4.69) is 27.7 Å². The second kappa shape index (κ2) is 13.9. The number of primary amides is 1. The summed E-state index contributed by atoms with van der Waals surface area (Å²) in [5.41, 5.74) is 5.64. The van der Waals surface area contributed by atoms with Gasteiger partial charge in [0, 0.05) is 6.42 Å². The smallest absolute Gasteiger partial charge is 0.217 e. The summed E-state index contributed by atoms with van der Waals surface area (Å²) in [6.45, 7) is 9.51. The number of amides is 1. The normalized spacial score (nSPS) is 12.0. The summed E-state index contributed by atoms with van der Waals surface area (Å²) < 4.78 is 0. The van der Waals surface area contributed by atoms with Gasteiger partial charge in [-0.15, -0.1) is 0 Å². The highest BCUT2D eigenvalue weighted by molar-refractivity contribution is 5.73. The van der Waals surface area contributed by atoms with Gasteiger partial charge in [-0.05, 0) is 24.2 Å². The molecule has 0 saturated carbocycles. The SMILES string of the molecule is CC(C)C(C)(C)CCCCCCCCCCCCCCC(N)=O. The van der Waals surface area contributed by atoms with Gasteiger partial charge in [-0.2, -0.15) is 0 Å². The number of rotatable bonds is 16. The lowest BCUT2D eigenvalue weighted by Gasteiger charge is -2.29. The van der Waals surface area contributed by atoms with Crippen molar-refractivity contribution in [3.05, 3.63) is 0 Å². The lowest BCUT2D eigenvalue weighted by atomic mass is 9.77. The molecule has 0 saturated heterocycles. The molecule has 0 atom stereocenters. The monoisotopic (exact) mass is 325 g/mol. The van der Waals surface area contributed by atoms with Crippen LogP contribution in [-0.2, 0) is 4.79 Å². The molecule has 0 heterocycles. The van der Waals surface area contributed by atoms with Gasteiger partial charge in [-0.3, -0.25) is 4.79 Å². The second-order valence-corrected chi connectivity index (χ2v) is 8.35. The number of hydrogen-bond donors (Lipinski definition) is 1. The summed E-state index contributed by atoms with van der Waals surface area (Å²) in [5.74, 6) is 0.635. The van der Waals surface area contributed by atoms with Gasteiger partial charge in [-0.25, -0.2) is 0 Å². The van der Waals surface area contributed by atoms with Crippen LogP contribution in [0.5, 0.6) is 0 Å². The van der Waals surface area contributed by atoms with Gasteiger partial charge in [0.25, 0.3) is 0 Å². The molecule has 0 aromatic rings. The largest absolute Gasteiger partial charge is 0.370 e. The minimum Gasteiger partial charge on any atom is -0.370 e. The zero-order valence-electron chi connectivity index (χ0n) is 16.5. The third-order valence-corrected chi connectivity index (χ3v) is 5.56. The Hall–Kier alpha value is -0.530. The van der Waals surface area contributed by atoms with Crippen molar-refractivity contribution >= 4 is 5.91 Å². The lowest BCUT2D eigenvalue weighted by molar-refractivity contribution is -0.118. The van der Waals surface area contributed by atoms with Crippen LogP contribution in [0.1, 0.15) is 118 Å². The molecule has 2 N–H and O–H groups in total. The Labute approximate surface area is 146 Å². The number of nitrogens with two attached hydrogens (primary N) is 1. The van der Waals surface area contributed by atoms with Crippen LogP contribution in [0.2, 0.25) is 0 Å². The van der Waals surface area contributed by atoms with Crippen LogP contribution in [0.3, 0.4) is 0 Å². The fraction of sp³-hybridized carbons (Fsp3) is 0.952. The van der Waals surface area contributed by atoms with Crippen LogP contribution < -0.4 is 5.73 Å². The fourth-order valence-corrected chi connectivity index (χ4v) is 2.94. The minimum atomic E-state index is -0.155. The molecule has 0 aliphatic heterocycles. The molecular weight excluding hydrogens is 282 g/mol. The Balaban J connectivity index is 3.18. The van der Waals surface area contributed by atoms with Crippen LogP contribution in [-0.4, -0.2) is 5.91 Å². The predicted octanol–water partition coefficient (Wildman–Crippen LogP) is 6.62. The van der Waals surface area contributed by atoms with E-state index in [4.69, 9.17) is 5.73 Å². The maximum atomic E-state index is 10.6. The molecule has 2 heteroatoms. The summed E-state index contributed by atoms with van der Waals surface area (Å²) >= 11 is 0. The maximum Gasteiger partial charge on any atom is 0.217 e. The first-order chi connectivity index (χ1) is 10.9. The molecule has 0 aromatic carbocycles. The van der Waals surface area contributed by atoms with E-state index in [0.29, 0.717) is 11.8 Å². The van der Waals surface area contributed by atoms with Crippen LogP contribution in [0.15, 0.2) is 0 Å². The zero-order chi connectivity index (χ0) is 17.6. The van der Waals surface area contributed by atoms with Gasteiger partial charge in [0.15, 0.2) is 0 Å². The molecule has 1 amide bonds. The Morgan fingerprint density at radius 2 is 1.09 bits per heavy atom. The molecule has 0 unspecified atom stereocenters. The minimum absolute atomic E-state index is 0.155. The van der Waals surface area contributed by atoms with Crippen molar-refractivity contribution in [2.24, 2.45) is 17.1 Å². The van der Waals surface area contributed by atoms with Gasteiger partial charge in [0.2, 0.25) is 5.91 Å². The molecular formula is C21H43NO. The van der Waals surface area contributed by atoms with Gasteiger partial charge in [0.05, 0.1) is 0 Å². The zero-order valence-corrected chi connectivity index (χ0v) is 16.5. The molecule has 0 bridgehead atoms. The average Bonchev–Trinajstić information content (AvgIpc) is 2.47. The lowest BCUT2D eigenvalue weighted by Crippen LogP contribution is -2.18. The van der Waals surface area contributed by atoms with Crippen molar-refractivity contribution in [2.45, 2.75) is 118 Å². The summed E-state index contributed by atoms with van der Waals surface area (Å²) in [6.07, 6.45) is 17.9. The van der Waals surface area contributed by atoms with E-state index in [-0.39, 0.29) is 5.91 Å². The first-order valence-corrected chi connectivity index (χ1v) is 10.1. The van der Waals surface area contributed by atoms with Crippen LogP contribution in [0.4, 0.5) is 0 Å². The Bertz CT molecular complexity index is 284. The van der Waals surface area contributed by atoms with Gasteiger partial charge < -0.3 is 5.73 Å². The van der Waals surface area contributed by atoms with Crippen molar-refractivity contribution in [3.8, 4) is 0 Å². The van der Waals surface area contributed by atoms with E-state index in [1.807, 2.05) is 0 Å². The Morgan fingerprint density at radius 1 is 0.739 bits per heavy atom. The van der Waals surface area contributed by atoms with Crippen molar-refractivity contribution in [1.29, 1.82) is 0 Å². The van der Waals surface area contributed by atoms with Crippen LogP contribution in [0.25, 0.3) is 0 Å². The van der Waals surface area contributed by atoms with Crippen LogP contribution in [0, 0.1) is 11.3 Å². The summed E-state index contributed by atoms with van der Waals surface area (Å²) in [4.78, 5) is 10.6. The van der Waals surface area contributed by atoms with Crippen LogP contribution >= 0.6 is 0 Å². The summed E-state index contributed by atoms with van der Waals surface area (Å²) in [6, 6.07) is 0. The average molecular weight is 326 g/mol. The second-order valence-electron chi connectivity index (χ2n) is 8.35. The third kappa shape index (κ3) is 14.8. The molecule has 0 radical (unpaired) electrons. The van der Waals surface area contributed by atoms with E-state index in [1.54, 1.807) is 0 Å². The quantitative estimate of drug-likeness (QED) is 0.318. The van der Waals surface area contributed by atoms with E-state index < -0.39 is 0 Å². The first-order valence-electron chi connectivity index (χ1n) is 10.1. The van der Waals surface area contributed by atoms with E-state index in [9.17, 15) is 4.79 Å². The molecule has 0 aromatic heterocycles. The number of hydrogen-bond acceptors (Lipinski definition) is 1. The molecule has 138 valence electrons. The highest BCUT2D eigenvalue weighted by Crippen LogP contribution is 2.32. The Kier molecular flexibility index (Phi) is 13.5. The standard InChI is InChI=1S/C21H43NO/c1-19(2)21(3,4)18-16-14-12-10-8-6-5-7-9-11-13-15-17-20(22)23/h19H,5-18H2,1-4H3,(H2,22,23). The van der Waals surface area contributed by atoms with Crippen molar-refractivity contribution in [1.82, 2.24) is 0 Å². The maximum absolute atomic E-state index is 10.6. The third-order valence-electron chi connectivity index (χ3n) is 5.56. The van der Waals surface area contributed by atoms with Crippen molar-refractivity contribution in [3.63, 3.8) is 0 Å². The van der Waals surface area contributed by atoms with Gasteiger partial charge >= 0.3 is 0 Å². The van der Waals surface area contributed by atoms with Gasteiger partial charge in [-0.1, -0.05) is 98.3 Å². The molecule has 0 spiro atoms. The molecule has 0 rings (SSSR count). The number of carbonyl (C=O) groups is 1. The Morgan fingerprint density at radius 3 is 1.43 bits per heavy atom. The topological polar surface area (TPSA) is 43.1 Å². The molecule has 23 heavy (non-hydrogen) atoms. The van der Waals surface area contributed by atoms with E-state index in [1.165, 1.54) is 70.6 Å².